The van der Waals surface area contributed by atoms with Crippen LogP contribution in [0.3, 0.4) is 0 Å². The average Bonchev–Trinajstić information content (AvgIpc) is 2.74. The van der Waals surface area contributed by atoms with Gasteiger partial charge in [0.2, 0.25) is 0 Å². The van der Waals surface area contributed by atoms with Crippen LogP contribution < -0.4 is 5.32 Å². The van der Waals surface area contributed by atoms with Gasteiger partial charge >= 0.3 is 0 Å². The number of nitrogens with one attached hydrogen (secondary N) is 1. The van der Waals surface area contributed by atoms with Crippen molar-refractivity contribution in [2.24, 2.45) is 0 Å². The van der Waals surface area contributed by atoms with Crippen molar-refractivity contribution in [1.29, 1.82) is 0 Å². The number of aliphatic hydroxyl groups excluding tert-OH is 1. The van der Waals surface area contributed by atoms with Crippen LogP contribution in [0.5, 0.6) is 0 Å². The predicted molar refractivity (Wildman–Crippen MR) is 69.8 cm³/mol. The van der Waals surface area contributed by atoms with E-state index in [2.05, 4.69) is 34.9 Å². The maximum absolute atomic E-state index is 8.67. The molecule has 98 valence electrons. The van der Waals surface area contributed by atoms with Gasteiger partial charge in [-0.3, -0.25) is 0 Å². The zero-order valence-corrected chi connectivity index (χ0v) is 11.0. The Bertz CT molecular complexity index is 297. The minimum absolute atomic E-state index is 0.316. The molecule has 0 spiro atoms. The molecule has 0 aliphatic carbocycles. The molecule has 4 nitrogen and oxygen atoms in total. The van der Waals surface area contributed by atoms with Crippen LogP contribution >= 0.6 is 0 Å². The van der Waals surface area contributed by atoms with Gasteiger partial charge < -0.3 is 15.0 Å². The molecule has 1 aromatic heterocycles. The summed E-state index contributed by atoms with van der Waals surface area (Å²) in [5.41, 5.74) is 1.11. The Labute approximate surface area is 104 Å². The van der Waals surface area contributed by atoms with Gasteiger partial charge in [0.25, 0.3) is 0 Å². The van der Waals surface area contributed by atoms with Crippen molar-refractivity contribution < 1.29 is 5.11 Å². The third-order valence-electron chi connectivity index (χ3n) is 2.70. The van der Waals surface area contributed by atoms with Crippen molar-refractivity contribution in [2.75, 3.05) is 6.61 Å². The Kier molecular flexibility index (Phi) is 6.89. The third-order valence-corrected chi connectivity index (χ3v) is 2.70. The summed E-state index contributed by atoms with van der Waals surface area (Å²) in [6.45, 7) is 6.46. The lowest BCUT2D eigenvalue weighted by Crippen LogP contribution is -2.21. The summed E-state index contributed by atoms with van der Waals surface area (Å²) in [6, 6.07) is 0.499. The first kappa shape index (κ1) is 14.2. The largest absolute Gasteiger partial charge is 0.396 e. The topological polar surface area (TPSA) is 50.1 Å². The van der Waals surface area contributed by atoms with Crippen LogP contribution in [0.2, 0.25) is 0 Å². The van der Waals surface area contributed by atoms with Crippen LogP contribution in [-0.2, 0) is 13.1 Å². The van der Waals surface area contributed by atoms with E-state index >= 15 is 0 Å². The number of rotatable bonds is 9. The van der Waals surface area contributed by atoms with Gasteiger partial charge in [-0.1, -0.05) is 26.7 Å². The lowest BCUT2D eigenvalue weighted by Gasteiger charge is -2.05. The van der Waals surface area contributed by atoms with E-state index in [0.717, 1.165) is 38.0 Å². The molecule has 0 saturated carbocycles. The minimum Gasteiger partial charge on any atom is -0.396 e. The van der Waals surface area contributed by atoms with E-state index in [4.69, 9.17) is 5.11 Å². The predicted octanol–water partition coefficient (Wildman–Crippen LogP) is 1.93. The standard InChI is InChI=1S/C13H25N3O/c1-12(2)14-9-13-10-16(11-15-13)7-5-3-4-6-8-17/h10-12,14,17H,3-9H2,1-2H3. The summed E-state index contributed by atoms with van der Waals surface area (Å²) in [6.07, 6.45) is 8.40. The summed E-state index contributed by atoms with van der Waals surface area (Å²) in [5.74, 6) is 0. The Morgan fingerprint density at radius 2 is 2.06 bits per heavy atom. The molecule has 2 N–H and O–H groups in total. The Hall–Kier alpha value is -0.870. The fourth-order valence-corrected chi connectivity index (χ4v) is 1.69. The van der Waals surface area contributed by atoms with Crippen molar-refractivity contribution in [3.8, 4) is 0 Å². The van der Waals surface area contributed by atoms with Gasteiger partial charge in [0.05, 0.1) is 12.0 Å². The van der Waals surface area contributed by atoms with Crippen molar-refractivity contribution in [3.63, 3.8) is 0 Å². The zero-order valence-electron chi connectivity index (χ0n) is 11.0. The molecule has 0 amide bonds. The molecule has 17 heavy (non-hydrogen) atoms. The highest BCUT2D eigenvalue weighted by atomic mass is 16.2. The number of unbranched alkanes of at least 4 members (excludes halogenated alkanes) is 3. The van der Waals surface area contributed by atoms with Gasteiger partial charge in [-0.2, -0.15) is 0 Å². The van der Waals surface area contributed by atoms with Crippen LogP contribution in [0.1, 0.15) is 45.2 Å². The van der Waals surface area contributed by atoms with Gasteiger partial charge in [0, 0.05) is 31.9 Å². The van der Waals surface area contributed by atoms with E-state index in [1.54, 1.807) is 0 Å². The van der Waals surface area contributed by atoms with Crippen molar-refractivity contribution >= 4 is 0 Å². The van der Waals surface area contributed by atoms with Gasteiger partial charge in [-0.25, -0.2) is 4.98 Å². The highest BCUT2D eigenvalue weighted by Crippen LogP contribution is 2.03. The number of hydrogen-bond donors (Lipinski definition) is 2. The number of aliphatic hydroxyl groups is 1. The van der Waals surface area contributed by atoms with Gasteiger partial charge in [-0.05, 0) is 12.8 Å². The summed E-state index contributed by atoms with van der Waals surface area (Å²) in [7, 11) is 0. The summed E-state index contributed by atoms with van der Waals surface area (Å²) < 4.78 is 2.15. The molecule has 0 saturated heterocycles. The van der Waals surface area contributed by atoms with Crippen LogP contribution in [0.15, 0.2) is 12.5 Å². The number of hydrogen-bond acceptors (Lipinski definition) is 3. The Morgan fingerprint density at radius 1 is 1.29 bits per heavy atom. The molecule has 1 rings (SSSR count). The highest BCUT2D eigenvalue weighted by Gasteiger charge is 1.99. The smallest absolute Gasteiger partial charge is 0.0949 e. The van der Waals surface area contributed by atoms with Crippen LogP contribution in [-0.4, -0.2) is 27.3 Å². The minimum atomic E-state index is 0.316. The normalized spacial score (nSPS) is 11.3. The molecule has 0 aromatic carbocycles. The number of nitrogens with zero attached hydrogens (tertiary/aromatic N) is 2. The van der Waals surface area contributed by atoms with Crippen molar-refractivity contribution in [2.45, 2.75) is 58.7 Å². The zero-order chi connectivity index (χ0) is 12.5. The van der Waals surface area contributed by atoms with E-state index in [0.29, 0.717) is 12.6 Å². The summed E-state index contributed by atoms with van der Waals surface area (Å²) in [5, 5.41) is 12.0. The Morgan fingerprint density at radius 3 is 2.76 bits per heavy atom. The SMILES string of the molecule is CC(C)NCc1cn(CCCCCCO)cn1. The van der Waals surface area contributed by atoms with E-state index in [-0.39, 0.29) is 0 Å². The van der Waals surface area contributed by atoms with E-state index in [1.165, 1.54) is 6.42 Å². The summed E-state index contributed by atoms with van der Waals surface area (Å²) in [4.78, 5) is 4.36. The lowest BCUT2D eigenvalue weighted by molar-refractivity contribution is 0.282. The second kappa shape index (κ2) is 8.25. The number of aromatic nitrogens is 2. The van der Waals surface area contributed by atoms with E-state index < -0.39 is 0 Å². The molecule has 0 aliphatic heterocycles. The maximum atomic E-state index is 8.67. The van der Waals surface area contributed by atoms with Gasteiger partial charge in [0.1, 0.15) is 0 Å². The van der Waals surface area contributed by atoms with Gasteiger partial charge in [0.15, 0.2) is 0 Å². The first-order valence-electron chi connectivity index (χ1n) is 6.57. The second-order valence-electron chi connectivity index (χ2n) is 4.78. The molecular weight excluding hydrogens is 214 g/mol. The maximum Gasteiger partial charge on any atom is 0.0949 e. The molecular formula is C13H25N3O. The van der Waals surface area contributed by atoms with Crippen LogP contribution in [0, 0.1) is 0 Å². The lowest BCUT2D eigenvalue weighted by atomic mass is 10.2. The summed E-state index contributed by atoms with van der Waals surface area (Å²) >= 11 is 0. The number of imidazole rings is 1. The molecule has 0 aliphatic rings. The molecule has 4 heteroatoms. The third kappa shape index (κ3) is 6.44. The van der Waals surface area contributed by atoms with Crippen LogP contribution in [0.25, 0.3) is 0 Å². The number of aryl methyl sites for hydroxylation is 1. The second-order valence-corrected chi connectivity index (χ2v) is 4.78. The molecule has 1 aromatic rings. The molecule has 0 bridgehead atoms. The van der Waals surface area contributed by atoms with Gasteiger partial charge in [-0.15, -0.1) is 0 Å². The molecule has 0 atom stereocenters. The van der Waals surface area contributed by atoms with Crippen molar-refractivity contribution in [3.05, 3.63) is 18.2 Å². The molecule has 0 radical (unpaired) electrons. The highest BCUT2D eigenvalue weighted by molar-refractivity contribution is 4.96. The van der Waals surface area contributed by atoms with Crippen molar-refractivity contribution in [1.82, 2.24) is 14.9 Å². The monoisotopic (exact) mass is 239 g/mol. The molecule has 0 unspecified atom stereocenters. The fraction of sp³-hybridized carbons (Fsp3) is 0.769. The van der Waals surface area contributed by atoms with E-state index in [1.807, 2.05) is 6.33 Å². The van der Waals surface area contributed by atoms with E-state index in [9.17, 15) is 0 Å². The Balaban J connectivity index is 2.17. The van der Waals surface area contributed by atoms with Crippen LogP contribution in [0.4, 0.5) is 0 Å². The quantitative estimate of drug-likeness (QED) is 0.647. The molecule has 0 fully saturated rings. The fourth-order valence-electron chi connectivity index (χ4n) is 1.69. The molecule has 1 heterocycles. The average molecular weight is 239 g/mol. The first-order chi connectivity index (χ1) is 8.22. The first-order valence-corrected chi connectivity index (χ1v) is 6.57.